The second-order valence-corrected chi connectivity index (χ2v) is 2.12. The van der Waals surface area contributed by atoms with Gasteiger partial charge in [0, 0.05) is 12.4 Å². The van der Waals surface area contributed by atoms with Gasteiger partial charge in [0.2, 0.25) is 0 Å². The van der Waals surface area contributed by atoms with Crippen LogP contribution >= 0.6 is 8.58 Å². The largest absolute Gasteiger partial charge is 0.237 e. The summed E-state index contributed by atoms with van der Waals surface area (Å²) in [6, 6.07) is 1.81. The van der Waals surface area contributed by atoms with E-state index in [0.717, 1.165) is 14.1 Å². The summed E-state index contributed by atoms with van der Waals surface area (Å²) in [5.74, 6) is 0. The molecule has 0 saturated carbocycles. The Hall–Kier alpha value is -0.490. The molecule has 8 heavy (non-hydrogen) atoms. The maximum absolute atomic E-state index is 3.97. The van der Waals surface area contributed by atoms with Gasteiger partial charge in [-0.05, 0) is 21.3 Å². The number of hydrogen-bond donors (Lipinski definition) is 0. The van der Waals surface area contributed by atoms with Gasteiger partial charge in [-0.25, -0.2) is 9.97 Å². The molecule has 0 aliphatic heterocycles. The van der Waals surface area contributed by atoms with E-state index in [4.69, 9.17) is 0 Å². The third kappa shape index (κ3) is 1.24. The highest BCUT2D eigenvalue weighted by Crippen LogP contribution is 1.94. The topological polar surface area (TPSA) is 25.8 Å². The zero-order valence-electron chi connectivity index (χ0n) is 4.57. The fourth-order valence-corrected chi connectivity index (χ4v) is 0.771. The first-order valence-electron chi connectivity index (χ1n) is 2.30. The van der Waals surface area contributed by atoms with Gasteiger partial charge in [-0.3, -0.25) is 0 Å². The lowest BCUT2D eigenvalue weighted by molar-refractivity contribution is 1.24. The highest BCUT2D eigenvalue weighted by atomic mass is 31.1. The SMILES string of the molecule is C[P]c1ncccn1. The standard InChI is InChI=1S/C5H6N2P/c1-8-5-6-3-2-4-7-5/h2-4H,1H3. The second-order valence-electron chi connectivity index (χ2n) is 1.27. The molecule has 0 amide bonds. The maximum Gasteiger partial charge on any atom is 0.154 e. The minimum Gasteiger partial charge on any atom is -0.237 e. The molecule has 1 radical (unpaired) electrons. The van der Waals surface area contributed by atoms with Crippen molar-refractivity contribution >= 4 is 14.1 Å². The number of rotatable bonds is 1. The normalized spacial score (nSPS) is 10.6. The van der Waals surface area contributed by atoms with Crippen LogP contribution in [0.4, 0.5) is 0 Å². The van der Waals surface area contributed by atoms with Gasteiger partial charge in [-0.2, -0.15) is 0 Å². The van der Waals surface area contributed by atoms with E-state index in [9.17, 15) is 0 Å². The van der Waals surface area contributed by atoms with E-state index in [-0.39, 0.29) is 0 Å². The quantitative estimate of drug-likeness (QED) is 0.516. The summed E-state index contributed by atoms with van der Waals surface area (Å²) in [5.41, 5.74) is 0.882. The van der Waals surface area contributed by atoms with Crippen molar-refractivity contribution in [1.82, 2.24) is 9.97 Å². The molecule has 1 aromatic rings. The summed E-state index contributed by atoms with van der Waals surface area (Å²) in [5, 5.41) is 0. The Morgan fingerprint density at radius 3 is 2.38 bits per heavy atom. The summed E-state index contributed by atoms with van der Waals surface area (Å²) in [7, 11) is 1.13. The predicted molar refractivity (Wildman–Crippen MR) is 34.5 cm³/mol. The van der Waals surface area contributed by atoms with Crippen LogP contribution in [0, 0.1) is 0 Å². The van der Waals surface area contributed by atoms with Crippen molar-refractivity contribution in [3.05, 3.63) is 18.5 Å². The lowest BCUT2D eigenvalue weighted by atomic mass is 10.7. The average molecular weight is 125 g/mol. The van der Waals surface area contributed by atoms with Crippen molar-refractivity contribution in [2.45, 2.75) is 0 Å². The average Bonchev–Trinajstić information content (AvgIpc) is 1.90. The van der Waals surface area contributed by atoms with Crippen molar-refractivity contribution in [3.8, 4) is 0 Å². The number of aromatic nitrogens is 2. The van der Waals surface area contributed by atoms with Gasteiger partial charge in [0.25, 0.3) is 0 Å². The molecule has 0 atom stereocenters. The summed E-state index contributed by atoms with van der Waals surface area (Å²) in [4.78, 5) is 7.95. The minimum atomic E-state index is 0.882. The van der Waals surface area contributed by atoms with Gasteiger partial charge in [0.15, 0.2) is 5.57 Å². The fourth-order valence-electron chi connectivity index (χ4n) is 0.407. The van der Waals surface area contributed by atoms with E-state index in [1.165, 1.54) is 0 Å². The van der Waals surface area contributed by atoms with Gasteiger partial charge < -0.3 is 0 Å². The van der Waals surface area contributed by atoms with E-state index in [1.54, 1.807) is 12.4 Å². The molecule has 0 fully saturated rings. The Morgan fingerprint density at radius 1 is 1.38 bits per heavy atom. The van der Waals surface area contributed by atoms with Gasteiger partial charge in [-0.1, -0.05) is 0 Å². The van der Waals surface area contributed by atoms with Crippen LogP contribution < -0.4 is 5.57 Å². The van der Waals surface area contributed by atoms with Crippen LogP contribution in [-0.2, 0) is 0 Å². The molecule has 0 saturated heterocycles. The summed E-state index contributed by atoms with van der Waals surface area (Å²) < 4.78 is 0. The van der Waals surface area contributed by atoms with E-state index in [2.05, 4.69) is 9.97 Å². The molecule has 1 rings (SSSR count). The second kappa shape index (κ2) is 2.73. The molecule has 0 unspecified atom stereocenters. The van der Waals surface area contributed by atoms with Crippen molar-refractivity contribution in [2.75, 3.05) is 6.66 Å². The van der Waals surface area contributed by atoms with Gasteiger partial charge in [0.1, 0.15) is 0 Å². The molecule has 1 heterocycles. The van der Waals surface area contributed by atoms with Crippen LogP contribution in [0.2, 0.25) is 0 Å². The lowest BCUT2D eigenvalue weighted by Gasteiger charge is -1.86. The first kappa shape index (κ1) is 5.64. The molecule has 0 N–H and O–H groups in total. The Kier molecular flexibility index (Phi) is 1.93. The van der Waals surface area contributed by atoms with Crippen LogP contribution in [0.3, 0.4) is 0 Å². The van der Waals surface area contributed by atoms with Crippen LogP contribution in [0.15, 0.2) is 18.5 Å². The Bertz CT molecular complexity index is 152. The van der Waals surface area contributed by atoms with Gasteiger partial charge >= 0.3 is 0 Å². The highest BCUT2D eigenvalue weighted by Gasteiger charge is 1.84. The summed E-state index contributed by atoms with van der Waals surface area (Å²) in [6.45, 7) is 2.01. The predicted octanol–water partition coefficient (Wildman–Crippen LogP) is 0.678. The lowest BCUT2D eigenvalue weighted by Crippen LogP contribution is -2.02. The van der Waals surface area contributed by atoms with E-state index in [0.29, 0.717) is 0 Å². The van der Waals surface area contributed by atoms with Crippen LogP contribution in [-0.4, -0.2) is 16.6 Å². The zero-order chi connectivity index (χ0) is 5.82. The van der Waals surface area contributed by atoms with Crippen molar-refractivity contribution in [3.63, 3.8) is 0 Å². The van der Waals surface area contributed by atoms with Crippen molar-refractivity contribution in [2.24, 2.45) is 0 Å². The number of hydrogen-bond acceptors (Lipinski definition) is 2. The first-order chi connectivity index (χ1) is 3.93. The molecule has 41 valence electrons. The Morgan fingerprint density at radius 2 is 2.00 bits per heavy atom. The van der Waals surface area contributed by atoms with Gasteiger partial charge in [0.05, 0.1) is 0 Å². The maximum atomic E-state index is 3.97. The molecule has 0 bridgehead atoms. The molecule has 0 aromatic carbocycles. The van der Waals surface area contributed by atoms with E-state index < -0.39 is 0 Å². The molecule has 2 nitrogen and oxygen atoms in total. The fraction of sp³-hybridized carbons (Fsp3) is 0.200. The highest BCUT2D eigenvalue weighted by molar-refractivity contribution is 7.45. The van der Waals surface area contributed by atoms with Crippen LogP contribution in [0.5, 0.6) is 0 Å². The molecule has 0 spiro atoms. The Labute approximate surface area is 50.2 Å². The summed E-state index contributed by atoms with van der Waals surface area (Å²) in [6.07, 6.45) is 3.50. The monoisotopic (exact) mass is 125 g/mol. The first-order valence-corrected chi connectivity index (χ1v) is 3.64. The molecule has 0 aliphatic rings. The third-order valence-electron chi connectivity index (χ3n) is 0.752. The molecule has 1 aromatic heterocycles. The van der Waals surface area contributed by atoms with Crippen molar-refractivity contribution < 1.29 is 0 Å². The number of nitrogens with zero attached hydrogens (tertiary/aromatic N) is 2. The zero-order valence-corrected chi connectivity index (χ0v) is 5.47. The van der Waals surface area contributed by atoms with Crippen LogP contribution in [0.1, 0.15) is 0 Å². The van der Waals surface area contributed by atoms with E-state index in [1.807, 2.05) is 12.7 Å². The molecule has 3 heteroatoms. The molecular formula is C5H6N2P. The summed E-state index contributed by atoms with van der Waals surface area (Å²) >= 11 is 0. The molecule has 0 aliphatic carbocycles. The van der Waals surface area contributed by atoms with E-state index >= 15 is 0 Å². The smallest absolute Gasteiger partial charge is 0.154 e. The van der Waals surface area contributed by atoms with Crippen molar-refractivity contribution in [1.29, 1.82) is 0 Å². The minimum absolute atomic E-state index is 0.882. The molecular weight excluding hydrogens is 119 g/mol. The Balaban J connectivity index is 2.83. The van der Waals surface area contributed by atoms with Gasteiger partial charge in [-0.15, -0.1) is 0 Å². The van der Waals surface area contributed by atoms with Crippen LogP contribution in [0.25, 0.3) is 0 Å². The third-order valence-corrected chi connectivity index (χ3v) is 1.38.